The smallest absolute Gasteiger partial charge is 0.349 e. The number of morpholine rings is 1. The predicted molar refractivity (Wildman–Crippen MR) is 122 cm³/mol. The van der Waals surface area contributed by atoms with Crippen molar-refractivity contribution in [2.75, 3.05) is 13.2 Å². The molecule has 1 saturated heterocycles. The zero-order valence-electron chi connectivity index (χ0n) is 20.0. The van der Waals surface area contributed by atoms with Crippen molar-refractivity contribution in [1.82, 2.24) is 20.1 Å². The fourth-order valence-electron chi connectivity index (χ4n) is 4.18. The molecule has 1 fully saturated rings. The van der Waals surface area contributed by atoms with Crippen LogP contribution in [0.5, 0.6) is 0 Å². The summed E-state index contributed by atoms with van der Waals surface area (Å²) < 4.78 is 106. The summed E-state index contributed by atoms with van der Waals surface area (Å²) >= 11 is 0. The van der Waals surface area contributed by atoms with Gasteiger partial charge in [-0.2, -0.15) is 31.4 Å². The molecule has 0 aliphatic carbocycles. The highest BCUT2D eigenvalue weighted by atomic mass is 19.4. The number of aromatic amines is 1. The molecule has 14 heteroatoms. The van der Waals surface area contributed by atoms with E-state index < -0.39 is 58.9 Å². The summed E-state index contributed by atoms with van der Waals surface area (Å²) in [5.74, 6) is -0.353. The van der Waals surface area contributed by atoms with Gasteiger partial charge in [-0.05, 0) is 41.5 Å². The van der Waals surface area contributed by atoms with Gasteiger partial charge in [0.2, 0.25) is 0 Å². The second kappa shape index (κ2) is 11.2. The van der Waals surface area contributed by atoms with Gasteiger partial charge in [-0.3, -0.25) is 9.69 Å². The van der Waals surface area contributed by atoms with Crippen molar-refractivity contribution in [2.24, 2.45) is 0 Å². The number of halogens is 7. The number of aromatic nitrogens is 3. The Morgan fingerprint density at radius 2 is 1.74 bits per heavy atom. The molecule has 4 rings (SSSR count). The third-order valence-electron chi connectivity index (χ3n) is 5.93. The van der Waals surface area contributed by atoms with Crippen LogP contribution in [0.15, 0.2) is 66.1 Å². The Bertz CT molecular complexity index is 1330. The van der Waals surface area contributed by atoms with Crippen LogP contribution in [0.1, 0.15) is 40.2 Å². The first-order chi connectivity index (χ1) is 18.3. The van der Waals surface area contributed by atoms with Crippen molar-refractivity contribution >= 4 is 0 Å². The average Bonchev–Trinajstić information content (AvgIpc) is 2.87. The molecule has 1 aromatic heterocycles. The molecule has 0 spiro atoms. The lowest BCUT2D eigenvalue weighted by atomic mass is 10.00. The Hall–Kier alpha value is -3.62. The van der Waals surface area contributed by atoms with Crippen LogP contribution in [0.2, 0.25) is 0 Å². The molecule has 7 nitrogen and oxygen atoms in total. The van der Waals surface area contributed by atoms with Crippen molar-refractivity contribution < 1.29 is 40.2 Å². The summed E-state index contributed by atoms with van der Waals surface area (Å²) in [7, 11) is 0. The molecular weight excluding hydrogens is 537 g/mol. The lowest BCUT2D eigenvalue weighted by Crippen LogP contribution is -2.46. The number of H-pyrrole nitrogens is 1. The van der Waals surface area contributed by atoms with Gasteiger partial charge in [0.25, 0.3) is 5.56 Å². The van der Waals surface area contributed by atoms with Gasteiger partial charge in [-0.15, -0.1) is 11.7 Å². The van der Waals surface area contributed by atoms with E-state index in [2.05, 4.69) is 21.8 Å². The van der Waals surface area contributed by atoms with Crippen LogP contribution in [-0.2, 0) is 28.4 Å². The Labute approximate surface area is 216 Å². The Balaban J connectivity index is 1.71. The zero-order chi connectivity index (χ0) is 28.4. The number of rotatable bonds is 7. The zero-order valence-corrected chi connectivity index (χ0v) is 20.0. The first kappa shape index (κ1) is 28.4. The highest BCUT2D eigenvalue weighted by Crippen LogP contribution is 2.40. The number of hydrogen-bond donors (Lipinski definition) is 1. The highest BCUT2D eigenvalue weighted by Gasteiger charge is 2.39. The lowest BCUT2D eigenvalue weighted by molar-refractivity contribution is -0.226. The summed E-state index contributed by atoms with van der Waals surface area (Å²) in [6.07, 6.45) is -10.8. The van der Waals surface area contributed by atoms with Gasteiger partial charge in [-0.25, -0.2) is 4.39 Å². The van der Waals surface area contributed by atoms with E-state index in [0.29, 0.717) is 17.7 Å². The van der Waals surface area contributed by atoms with Gasteiger partial charge in [0.1, 0.15) is 23.9 Å². The number of alkyl halides is 6. The number of nitrogens with one attached hydrogen (secondary N) is 1. The molecule has 0 amide bonds. The molecular formula is C25H21F7N4O3. The second-order valence-corrected chi connectivity index (χ2v) is 8.62. The van der Waals surface area contributed by atoms with Gasteiger partial charge < -0.3 is 14.5 Å². The largest absolute Gasteiger partial charge is 0.416 e. The molecule has 0 bridgehead atoms. The molecule has 1 aliphatic heterocycles. The summed E-state index contributed by atoms with van der Waals surface area (Å²) in [5, 5.41) is 7.48. The van der Waals surface area contributed by atoms with Crippen LogP contribution in [0.3, 0.4) is 0 Å². The SMILES string of the molecule is C=C[C@@H](O[C@H]1OCCN(Cc2nncc(=O)[nH]2)[C@H]1c1ccc(F)cc1)c1cc(C(F)(F)F)cc(C(F)(F)F)c1. The summed E-state index contributed by atoms with van der Waals surface area (Å²) in [4.78, 5) is 16.0. The van der Waals surface area contributed by atoms with E-state index in [4.69, 9.17) is 9.47 Å². The second-order valence-electron chi connectivity index (χ2n) is 8.62. The minimum atomic E-state index is -5.05. The van der Waals surface area contributed by atoms with E-state index in [1.807, 2.05) is 0 Å². The maximum atomic E-state index is 13.7. The first-order valence-electron chi connectivity index (χ1n) is 11.4. The number of hydrogen-bond acceptors (Lipinski definition) is 6. The van der Waals surface area contributed by atoms with Crippen molar-refractivity contribution in [3.63, 3.8) is 0 Å². The van der Waals surface area contributed by atoms with E-state index in [0.717, 1.165) is 12.3 Å². The predicted octanol–water partition coefficient (Wildman–Crippen LogP) is 5.19. The van der Waals surface area contributed by atoms with E-state index in [1.165, 1.54) is 24.3 Å². The van der Waals surface area contributed by atoms with Gasteiger partial charge in [-0.1, -0.05) is 18.2 Å². The van der Waals surface area contributed by atoms with E-state index in [-0.39, 0.29) is 31.6 Å². The van der Waals surface area contributed by atoms with Crippen molar-refractivity contribution in [3.05, 3.63) is 106 Å². The third kappa shape index (κ3) is 6.88. The number of ether oxygens (including phenoxy) is 2. The molecule has 3 atom stereocenters. The van der Waals surface area contributed by atoms with E-state index >= 15 is 0 Å². The maximum Gasteiger partial charge on any atom is 0.416 e. The standard InChI is InChI=1S/C25H21F7N4O3/c1-2-19(15-9-16(24(27,28)29)11-17(10-15)25(30,31)32)39-23-22(14-3-5-18(26)6-4-14)36(7-8-38-23)13-20-34-21(37)12-33-35-20/h2-6,9-12,19,22-23H,1,7-8,13H2,(H,34,35,37)/t19-,22+,23-/m1/s1. The minimum Gasteiger partial charge on any atom is -0.349 e. The van der Waals surface area contributed by atoms with Crippen LogP contribution >= 0.6 is 0 Å². The Kier molecular flexibility index (Phi) is 8.18. The quantitative estimate of drug-likeness (QED) is 0.318. The van der Waals surface area contributed by atoms with E-state index in [9.17, 15) is 35.5 Å². The lowest BCUT2D eigenvalue weighted by Gasteiger charge is -2.41. The maximum absolute atomic E-state index is 13.7. The Morgan fingerprint density at radius 3 is 2.31 bits per heavy atom. The molecule has 0 radical (unpaired) electrons. The molecule has 0 unspecified atom stereocenters. The molecule has 0 saturated carbocycles. The number of nitrogens with zero attached hydrogens (tertiary/aromatic N) is 3. The van der Waals surface area contributed by atoms with Crippen molar-refractivity contribution in [3.8, 4) is 0 Å². The molecule has 1 N–H and O–H groups in total. The van der Waals surface area contributed by atoms with Gasteiger partial charge in [0.05, 0.1) is 30.3 Å². The normalized spacial score (nSPS) is 19.6. The van der Waals surface area contributed by atoms with Crippen LogP contribution in [0.25, 0.3) is 0 Å². The van der Waals surface area contributed by atoms with Crippen molar-refractivity contribution in [1.29, 1.82) is 0 Å². The minimum absolute atomic E-state index is 0.0193. The molecule has 39 heavy (non-hydrogen) atoms. The fraction of sp³-hybridized carbons (Fsp3) is 0.320. The molecule has 3 aromatic rings. The van der Waals surface area contributed by atoms with Crippen LogP contribution < -0.4 is 5.56 Å². The molecule has 2 aromatic carbocycles. The van der Waals surface area contributed by atoms with Crippen LogP contribution in [0, 0.1) is 5.82 Å². The highest BCUT2D eigenvalue weighted by molar-refractivity contribution is 5.36. The average molecular weight is 558 g/mol. The van der Waals surface area contributed by atoms with Crippen LogP contribution in [-0.4, -0.2) is 39.5 Å². The van der Waals surface area contributed by atoms with Gasteiger partial charge in [0, 0.05) is 6.54 Å². The van der Waals surface area contributed by atoms with E-state index in [1.54, 1.807) is 4.90 Å². The molecule has 2 heterocycles. The molecule has 1 aliphatic rings. The number of benzene rings is 2. The van der Waals surface area contributed by atoms with Gasteiger partial charge >= 0.3 is 12.4 Å². The summed E-state index contributed by atoms with van der Waals surface area (Å²) in [6.45, 7) is 3.86. The first-order valence-corrected chi connectivity index (χ1v) is 11.4. The Morgan fingerprint density at radius 1 is 1.10 bits per heavy atom. The van der Waals surface area contributed by atoms with Gasteiger partial charge in [0.15, 0.2) is 6.29 Å². The summed E-state index contributed by atoms with van der Waals surface area (Å²) in [6, 6.07) is 5.52. The van der Waals surface area contributed by atoms with Crippen molar-refractivity contribution in [2.45, 2.75) is 37.3 Å². The fourth-order valence-corrected chi connectivity index (χ4v) is 4.18. The third-order valence-corrected chi connectivity index (χ3v) is 5.93. The summed E-state index contributed by atoms with van der Waals surface area (Å²) in [5.41, 5.74) is -3.48. The van der Waals surface area contributed by atoms with Crippen LogP contribution in [0.4, 0.5) is 30.7 Å². The topological polar surface area (TPSA) is 80.3 Å². The molecule has 208 valence electrons. The monoisotopic (exact) mass is 558 g/mol.